The average Bonchev–Trinajstić information content (AvgIpc) is 2.34. The molecule has 0 spiro atoms. The first-order chi connectivity index (χ1) is 9.30. The fourth-order valence-electron chi connectivity index (χ4n) is 1.21. The quantitative estimate of drug-likeness (QED) is 0.382. The maximum atomic E-state index is 11.4. The lowest BCUT2D eigenvalue weighted by Crippen LogP contribution is -2.30. The molecular weight excluding hydrogens is 292 g/mol. The lowest BCUT2D eigenvalue weighted by molar-refractivity contribution is -0.384. The summed E-state index contributed by atoms with van der Waals surface area (Å²) in [7, 11) is -4.10. The van der Waals surface area contributed by atoms with Crippen LogP contribution < -0.4 is 14.0 Å². The number of aliphatic carboxylic acids is 1. The fourth-order valence-corrected chi connectivity index (χ4v) is 2.03. The number of carbonyl (C=O) groups excluding carboxylic acids is 1. The van der Waals surface area contributed by atoms with E-state index in [0.717, 1.165) is 24.3 Å². The first-order valence-electron chi connectivity index (χ1n) is 5.43. The van der Waals surface area contributed by atoms with E-state index in [9.17, 15) is 28.4 Å². The molecule has 1 rings (SSSR count). The SMILES string of the molecule is O=C([O-])CCCNS(=O)(=O)Oc1ccc([N+](=O)[O-])cc1. The van der Waals surface area contributed by atoms with Gasteiger partial charge in [-0.3, -0.25) is 10.1 Å². The number of rotatable bonds is 8. The van der Waals surface area contributed by atoms with Crippen LogP contribution in [0.1, 0.15) is 12.8 Å². The van der Waals surface area contributed by atoms with Crippen molar-refractivity contribution in [2.45, 2.75) is 12.8 Å². The van der Waals surface area contributed by atoms with Gasteiger partial charge in [0.15, 0.2) is 0 Å². The highest BCUT2D eigenvalue weighted by molar-refractivity contribution is 7.85. The molecule has 0 aromatic heterocycles. The van der Waals surface area contributed by atoms with E-state index in [4.69, 9.17) is 0 Å². The number of nitro groups is 1. The zero-order valence-electron chi connectivity index (χ0n) is 10.1. The smallest absolute Gasteiger partial charge is 0.382 e. The molecule has 0 fully saturated rings. The molecule has 110 valence electrons. The zero-order valence-corrected chi connectivity index (χ0v) is 11.0. The third-order valence-electron chi connectivity index (χ3n) is 2.09. The molecule has 0 bridgehead atoms. The van der Waals surface area contributed by atoms with Crippen molar-refractivity contribution < 1.29 is 27.4 Å². The summed E-state index contributed by atoms with van der Waals surface area (Å²) < 4.78 is 29.5. The van der Waals surface area contributed by atoms with Crippen LogP contribution in [0.3, 0.4) is 0 Å². The first-order valence-corrected chi connectivity index (χ1v) is 6.84. The number of non-ortho nitro benzene ring substituents is 1. The van der Waals surface area contributed by atoms with Crippen LogP contribution in [0.25, 0.3) is 0 Å². The van der Waals surface area contributed by atoms with Gasteiger partial charge in [-0.25, -0.2) is 0 Å². The van der Waals surface area contributed by atoms with E-state index in [1.807, 2.05) is 4.72 Å². The molecule has 0 saturated carbocycles. The van der Waals surface area contributed by atoms with Crippen LogP contribution in [-0.2, 0) is 15.1 Å². The molecule has 0 aliphatic carbocycles. The molecule has 9 nitrogen and oxygen atoms in total. The van der Waals surface area contributed by atoms with E-state index < -0.39 is 21.2 Å². The molecule has 0 aliphatic rings. The second-order valence-electron chi connectivity index (χ2n) is 3.66. The maximum Gasteiger partial charge on any atom is 0.382 e. The van der Waals surface area contributed by atoms with E-state index >= 15 is 0 Å². The van der Waals surface area contributed by atoms with Gasteiger partial charge in [-0.1, -0.05) is 0 Å². The molecular formula is C10H11N2O7S-. The number of carboxylic acid groups (broad SMARTS) is 1. The predicted octanol–water partition coefficient (Wildman–Crippen LogP) is -0.662. The number of nitrogens with one attached hydrogen (secondary N) is 1. The Labute approximate surface area is 114 Å². The summed E-state index contributed by atoms with van der Waals surface area (Å²) in [6.45, 7) is -0.122. The Morgan fingerprint density at radius 2 is 1.90 bits per heavy atom. The highest BCUT2D eigenvalue weighted by Crippen LogP contribution is 2.18. The van der Waals surface area contributed by atoms with Crippen LogP contribution in [0.2, 0.25) is 0 Å². The monoisotopic (exact) mass is 303 g/mol. The van der Waals surface area contributed by atoms with Crippen LogP contribution in [0.5, 0.6) is 5.75 Å². The van der Waals surface area contributed by atoms with E-state index in [1.165, 1.54) is 0 Å². The van der Waals surface area contributed by atoms with Gasteiger partial charge in [0.25, 0.3) is 5.69 Å². The molecule has 0 radical (unpaired) electrons. The first kappa shape index (κ1) is 15.9. The summed E-state index contributed by atoms with van der Waals surface area (Å²) in [4.78, 5) is 19.9. The Hall–Kier alpha value is -2.20. The average molecular weight is 303 g/mol. The van der Waals surface area contributed by atoms with Crippen LogP contribution >= 0.6 is 0 Å². The highest BCUT2D eigenvalue weighted by atomic mass is 32.2. The van der Waals surface area contributed by atoms with Gasteiger partial charge in [0, 0.05) is 24.6 Å². The number of nitro benzene ring substituents is 1. The number of hydrogen-bond acceptors (Lipinski definition) is 7. The van der Waals surface area contributed by atoms with Gasteiger partial charge in [0.05, 0.1) is 4.92 Å². The summed E-state index contributed by atoms with van der Waals surface area (Å²) >= 11 is 0. The van der Waals surface area contributed by atoms with Crippen molar-refractivity contribution in [3.63, 3.8) is 0 Å². The predicted molar refractivity (Wildman–Crippen MR) is 64.9 cm³/mol. The number of nitrogens with zero attached hydrogens (tertiary/aromatic N) is 1. The van der Waals surface area contributed by atoms with Crippen LogP contribution in [0.15, 0.2) is 24.3 Å². The zero-order chi connectivity index (χ0) is 15.2. The van der Waals surface area contributed by atoms with Crippen molar-refractivity contribution in [1.29, 1.82) is 0 Å². The molecule has 1 aromatic rings. The van der Waals surface area contributed by atoms with Crippen molar-refractivity contribution in [2.24, 2.45) is 0 Å². The van der Waals surface area contributed by atoms with Crippen molar-refractivity contribution in [1.82, 2.24) is 4.72 Å². The Morgan fingerprint density at radius 3 is 2.40 bits per heavy atom. The minimum atomic E-state index is -4.10. The van der Waals surface area contributed by atoms with Gasteiger partial charge in [-0.15, -0.1) is 0 Å². The van der Waals surface area contributed by atoms with Crippen LogP contribution in [0, 0.1) is 10.1 Å². The molecule has 20 heavy (non-hydrogen) atoms. The maximum absolute atomic E-state index is 11.4. The van der Waals surface area contributed by atoms with Crippen molar-refractivity contribution in [3.05, 3.63) is 34.4 Å². The standard InChI is InChI=1S/C10H12N2O7S/c13-10(14)2-1-7-11-20(17,18)19-9-5-3-8(4-6-9)12(15)16/h3-6,11H,1-2,7H2,(H,13,14)/p-1. The van der Waals surface area contributed by atoms with Crippen molar-refractivity contribution in [3.8, 4) is 5.75 Å². The van der Waals surface area contributed by atoms with E-state index in [1.54, 1.807) is 0 Å². The van der Waals surface area contributed by atoms with Crippen LogP contribution in [-0.4, -0.2) is 25.9 Å². The molecule has 0 amide bonds. The summed E-state index contributed by atoms with van der Waals surface area (Å²) in [6, 6.07) is 4.47. The lowest BCUT2D eigenvalue weighted by Gasteiger charge is -2.08. The Morgan fingerprint density at radius 1 is 1.30 bits per heavy atom. The summed E-state index contributed by atoms with van der Waals surface area (Å²) in [5.41, 5.74) is -0.198. The van der Waals surface area contributed by atoms with Gasteiger partial charge in [-0.05, 0) is 25.0 Å². The second-order valence-corrected chi connectivity index (χ2v) is 5.02. The number of benzene rings is 1. The molecule has 0 saturated heterocycles. The van der Waals surface area contributed by atoms with Gasteiger partial charge < -0.3 is 14.1 Å². The number of hydrogen-bond donors (Lipinski definition) is 1. The third kappa shape index (κ3) is 5.63. The molecule has 10 heteroatoms. The van der Waals surface area contributed by atoms with Gasteiger partial charge >= 0.3 is 10.3 Å². The lowest BCUT2D eigenvalue weighted by atomic mass is 10.3. The van der Waals surface area contributed by atoms with E-state index in [2.05, 4.69) is 4.18 Å². The number of carboxylic acids is 1. The Bertz CT molecular complexity index is 582. The van der Waals surface area contributed by atoms with E-state index in [0.29, 0.717) is 0 Å². The summed E-state index contributed by atoms with van der Waals surface area (Å²) in [5, 5.41) is 20.5. The molecule has 1 aromatic carbocycles. The third-order valence-corrected chi connectivity index (χ3v) is 3.06. The largest absolute Gasteiger partial charge is 0.550 e. The molecule has 1 N–H and O–H groups in total. The molecule has 0 unspecified atom stereocenters. The molecule has 0 atom stereocenters. The minimum absolute atomic E-state index is 0.0607. The van der Waals surface area contributed by atoms with E-state index in [-0.39, 0.29) is 30.8 Å². The van der Waals surface area contributed by atoms with Crippen LogP contribution in [0.4, 0.5) is 5.69 Å². The van der Waals surface area contributed by atoms with Crippen molar-refractivity contribution >= 4 is 22.0 Å². The fraction of sp³-hybridized carbons (Fsp3) is 0.300. The summed E-state index contributed by atoms with van der Waals surface area (Å²) in [6.07, 6.45) is -0.217. The van der Waals surface area contributed by atoms with Gasteiger partial charge in [0.1, 0.15) is 5.75 Å². The van der Waals surface area contributed by atoms with Crippen molar-refractivity contribution in [2.75, 3.05) is 6.54 Å². The Kier molecular flexibility index (Phi) is 5.41. The second kappa shape index (κ2) is 6.82. The summed E-state index contributed by atoms with van der Waals surface area (Å²) in [5.74, 6) is -1.37. The molecule has 0 aliphatic heterocycles. The Balaban J connectivity index is 2.53. The normalized spacial score (nSPS) is 11.0. The minimum Gasteiger partial charge on any atom is -0.550 e. The van der Waals surface area contributed by atoms with Gasteiger partial charge in [0.2, 0.25) is 0 Å². The molecule has 0 heterocycles. The van der Waals surface area contributed by atoms with Gasteiger partial charge in [-0.2, -0.15) is 13.1 Å². The number of carbonyl (C=O) groups is 1. The topological polar surface area (TPSA) is 139 Å². The highest BCUT2D eigenvalue weighted by Gasteiger charge is 2.12.